The lowest BCUT2D eigenvalue weighted by molar-refractivity contribution is 0.945. The highest BCUT2D eigenvalue weighted by Gasteiger charge is 2.26. The van der Waals surface area contributed by atoms with Gasteiger partial charge < -0.3 is 0 Å². The van der Waals surface area contributed by atoms with Gasteiger partial charge in [0, 0.05) is 6.20 Å². The number of aryl methyl sites for hydroxylation is 1. The van der Waals surface area contributed by atoms with E-state index in [4.69, 9.17) is 0 Å². The van der Waals surface area contributed by atoms with Crippen LogP contribution in [0.5, 0.6) is 0 Å². The molecule has 1 saturated carbocycles. The fraction of sp³-hybridized carbons (Fsp3) is 0.364. The van der Waals surface area contributed by atoms with Crippen molar-refractivity contribution in [1.82, 2.24) is 9.61 Å². The summed E-state index contributed by atoms with van der Waals surface area (Å²) in [5.74, 6) is 0.805. The molecule has 3 rings (SSSR count). The molecule has 0 N–H and O–H groups in total. The minimum atomic E-state index is 0.805. The Morgan fingerprint density at radius 3 is 3.08 bits per heavy atom. The summed E-state index contributed by atoms with van der Waals surface area (Å²) in [5, 5.41) is 4.31. The van der Waals surface area contributed by atoms with Crippen LogP contribution in [-0.4, -0.2) is 9.61 Å². The van der Waals surface area contributed by atoms with E-state index in [9.17, 15) is 0 Å². The topological polar surface area (TPSA) is 17.3 Å². The smallest absolute Gasteiger partial charge is 0.0725 e. The SMILES string of the molecule is Cc1cnn2cccc(C3CC3)c12. The molecule has 2 nitrogen and oxygen atoms in total. The molecule has 1 aliphatic carbocycles. The van der Waals surface area contributed by atoms with Gasteiger partial charge in [0.1, 0.15) is 0 Å². The molecule has 2 heterocycles. The first-order valence-corrected chi connectivity index (χ1v) is 4.79. The summed E-state index contributed by atoms with van der Waals surface area (Å²) in [5.41, 5.74) is 4.10. The number of hydrogen-bond donors (Lipinski definition) is 0. The molecule has 0 bridgehead atoms. The van der Waals surface area contributed by atoms with Crippen LogP contribution in [-0.2, 0) is 0 Å². The van der Waals surface area contributed by atoms with Crippen LogP contribution in [0, 0.1) is 6.92 Å². The molecule has 0 aliphatic heterocycles. The van der Waals surface area contributed by atoms with Crippen LogP contribution in [0.4, 0.5) is 0 Å². The van der Waals surface area contributed by atoms with Crippen molar-refractivity contribution in [2.24, 2.45) is 0 Å². The normalized spacial score (nSPS) is 16.7. The van der Waals surface area contributed by atoms with E-state index in [0.29, 0.717) is 0 Å². The summed E-state index contributed by atoms with van der Waals surface area (Å²) >= 11 is 0. The lowest BCUT2D eigenvalue weighted by Crippen LogP contribution is -1.90. The monoisotopic (exact) mass is 172 g/mol. The Kier molecular flexibility index (Phi) is 1.29. The highest BCUT2D eigenvalue weighted by Crippen LogP contribution is 2.42. The largest absolute Gasteiger partial charge is 0.240 e. The second kappa shape index (κ2) is 2.34. The molecule has 1 aliphatic rings. The average molecular weight is 172 g/mol. The van der Waals surface area contributed by atoms with Crippen molar-refractivity contribution in [3.05, 3.63) is 35.7 Å². The molecule has 1 fully saturated rings. The first-order chi connectivity index (χ1) is 6.36. The molecule has 0 saturated heterocycles. The molecule has 2 aromatic rings. The molecule has 0 amide bonds. The van der Waals surface area contributed by atoms with Gasteiger partial charge in [-0.2, -0.15) is 5.10 Å². The summed E-state index contributed by atoms with van der Waals surface area (Å²) in [4.78, 5) is 0. The van der Waals surface area contributed by atoms with Crippen LogP contribution in [0.3, 0.4) is 0 Å². The van der Waals surface area contributed by atoms with Crippen LogP contribution in [0.15, 0.2) is 24.5 Å². The summed E-state index contributed by atoms with van der Waals surface area (Å²) in [6.07, 6.45) is 6.67. The summed E-state index contributed by atoms with van der Waals surface area (Å²) in [7, 11) is 0. The van der Waals surface area contributed by atoms with Gasteiger partial charge in [-0.1, -0.05) is 6.07 Å². The highest BCUT2D eigenvalue weighted by molar-refractivity contribution is 5.61. The van der Waals surface area contributed by atoms with Gasteiger partial charge in [-0.25, -0.2) is 4.52 Å². The summed E-state index contributed by atoms with van der Waals surface area (Å²) < 4.78 is 1.99. The van der Waals surface area contributed by atoms with E-state index < -0.39 is 0 Å². The molecule has 66 valence electrons. The van der Waals surface area contributed by atoms with Gasteiger partial charge >= 0.3 is 0 Å². The predicted octanol–water partition coefficient (Wildman–Crippen LogP) is 2.52. The van der Waals surface area contributed by atoms with Crippen molar-refractivity contribution in [3.8, 4) is 0 Å². The zero-order chi connectivity index (χ0) is 8.84. The molecular weight excluding hydrogens is 160 g/mol. The Balaban J connectivity index is 2.36. The van der Waals surface area contributed by atoms with Gasteiger partial charge in [-0.15, -0.1) is 0 Å². The lowest BCUT2D eigenvalue weighted by Gasteiger charge is -2.01. The molecule has 2 aromatic heterocycles. The number of aromatic nitrogens is 2. The minimum Gasteiger partial charge on any atom is -0.240 e. The average Bonchev–Trinajstić information content (AvgIpc) is 2.92. The number of pyridine rings is 1. The van der Waals surface area contributed by atoms with E-state index in [1.165, 1.54) is 29.5 Å². The standard InChI is InChI=1S/C11H12N2/c1-8-7-12-13-6-2-3-10(11(8)13)9-4-5-9/h2-3,6-7,9H,4-5H2,1H3. The van der Waals surface area contributed by atoms with Crippen molar-refractivity contribution < 1.29 is 0 Å². The van der Waals surface area contributed by atoms with E-state index in [1.807, 2.05) is 16.9 Å². The van der Waals surface area contributed by atoms with Crippen molar-refractivity contribution >= 4 is 5.52 Å². The van der Waals surface area contributed by atoms with Gasteiger partial charge in [0.15, 0.2) is 0 Å². The molecule has 13 heavy (non-hydrogen) atoms. The molecule has 0 radical (unpaired) electrons. The van der Waals surface area contributed by atoms with Gasteiger partial charge in [0.2, 0.25) is 0 Å². The predicted molar refractivity (Wildman–Crippen MR) is 51.9 cm³/mol. The number of nitrogens with zero attached hydrogens (tertiary/aromatic N) is 2. The van der Waals surface area contributed by atoms with Gasteiger partial charge in [0.05, 0.1) is 11.7 Å². The summed E-state index contributed by atoms with van der Waals surface area (Å²) in [6.45, 7) is 2.13. The molecule has 0 atom stereocenters. The zero-order valence-electron chi connectivity index (χ0n) is 7.70. The molecular formula is C11H12N2. The Labute approximate surface area is 77.2 Å². The quantitative estimate of drug-likeness (QED) is 0.646. The first-order valence-electron chi connectivity index (χ1n) is 4.79. The minimum absolute atomic E-state index is 0.805. The lowest BCUT2D eigenvalue weighted by atomic mass is 10.1. The highest BCUT2D eigenvalue weighted by atomic mass is 15.2. The van der Waals surface area contributed by atoms with Crippen molar-refractivity contribution in [3.63, 3.8) is 0 Å². The maximum absolute atomic E-state index is 4.31. The first kappa shape index (κ1) is 7.13. The summed E-state index contributed by atoms with van der Waals surface area (Å²) in [6, 6.07) is 4.33. The van der Waals surface area contributed by atoms with Crippen LogP contribution in [0.1, 0.15) is 29.9 Å². The molecule has 0 aromatic carbocycles. The second-order valence-electron chi connectivity index (χ2n) is 3.86. The molecule has 0 spiro atoms. The molecule has 0 unspecified atom stereocenters. The van der Waals surface area contributed by atoms with Gasteiger partial charge in [-0.05, 0) is 42.9 Å². The van der Waals surface area contributed by atoms with E-state index in [0.717, 1.165) is 5.92 Å². The number of rotatable bonds is 1. The Morgan fingerprint density at radius 2 is 2.31 bits per heavy atom. The Morgan fingerprint density at radius 1 is 1.46 bits per heavy atom. The third-order valence-electron chi connectivity index (χ3n) is 2.77. The fourth-order valence-electron chi connectivity index (χ4n) is 1.95. The maximum atomic E-state index is 4.31. The van der Waals surface area contributed by atoms with Gasteiger partial charge in [0.25, 0.3) is 0 Å². The third-order valence-corrected chi connectivity index (χ3v) is 2.77. The number of fused-ring (bicyclic) bond motifs is 1. The van der Waals surface area contributed by atoms with Gasteiger partial charge in [-0.3, -0.25) is 0 Å². The zero-order valence-corrected chi connectivity index (χ0v) is 7.70. The van der Waals surface area contributed by atoms with E-state index in [-0.39, 0.29) is 0 Å². The number of hydrogen-bond acceptors (Lipinski definition) is 1. The van der Waals surface area contributed by atoms with E-state index in [2.05, 4.69) is 24.2 Å². The third kappa shape index (κ3) is 0.981. The Hall–Kier alpha value is -1.31. The van der Waals surface area contributed by atoms with Crippen molar-refractivity contribution in [1.29, 1.82) is 0 Å². The molecule has 2 heteroatoms. The van der Waals surface area contributed by atoms with Crippen molar-refractivity contribution in [2.45, 2.75) is 25.7 Å². The maximum Gasteiger partial charge on any atom is 0.0725 e. The second-order valence-corrected chi connectivity index (χ2v) is 3.86. The fourth-order valence-corrected chi connectivity index (χ4v) is 1.95. The van der Waals surface area contributed by atoms with Crippen LogP contribution in [0.25, 0.3) is 5.52 Å². The van der Waals surface area contributed by atoms with Crippen LogP contribution >= 0.6 is 0 Å². The Bertz CT molecular complexity index is 452. The van der Waals surface area contributed by atoms with E-state index in [1.54, 1.807) is 0 Å². The van der Waals surface area contributed by atoms with Crippen molar-refractivity contribution in [2.75, 3.05) is 0 Å². The van der Waals surface area contributed by atoms with E-state index >= 15 is 0 Å². The van der Waals surface area contributed by atoms with Crippen LogP contribution < -0.4 is 0 Å². The van der Waals surface area contributed by atoms with Crippen LogP contribution in [0.2, 0.25) is 0 Å².